The molecular formula is C11H19Br. The molecule has 1 aliphatic carbocycles. The Morgan fingerprint density at radius 2 is 1.92 bits per heavy atom. The van der Waals surface area contributed by atoms with Gasteiger partial charge in [-0.05, 0) is 32.6 Å². The van der Waals surface area contributed by atoms with Crippen LogP contribution in [0.3, 0.4) is 0 Å². The summed E-state index contributed by atoms with van der Waals surface area (Å²) in [6.45, 7) is 4.43. The molecule has 1 rings (SSSR count). The lowest BCUT2D eigenvalue weighted by Crippen LogP contribution is -2.05. The minimum atomic E-state index is 0.555. The van der Waals surface area contributed by atoms with Gasteiger partial charge in [0.1, 0.15) is 0 Å². The molecule has 70 valence electrons. The number of hydrogen-bond acceptors (Lipinski definition) is 0. The first-order valence-corrected chi connectivity index (χ1v) is 5.94. The monoisotopic (exact) mass is 230 g/mol. The van der Waals surface area contributed by atoms with Crippen molar-refractivity contribution in [3.8, 4) is 0 Å². The molecule has 12 heavy (non-hydrogen) atoms. The molecule has 0 aliphatic heterocycles. The van der Waals surface area contributed by atoms with Gasteiger partial charge in [0.25, 0.3) is 0 Å². The fourth-order valence-electron chi connectivity index (χ4n) is 1.81. The quantitative estimate of drug-likeness (QED) is 0.491. The molecule has 1 saturated carbocycles. The van der Waals surface area contributed by atoms with Crippen LogP contribution in [0.15, 0.2) is 11.6 Å². The van der Waals surface area contributed by atoms with Crippen LogP contribution in [0.25, 0.3) is 0 Å². The van der Waals surface area contributed by atoms with Gasteiger partial charge in [0, 0.05) is 4.83 Å². The number of hydrogen-bond donors (Lipinski definition) is 0. The Kier molecular flexibility index (Phi) is 4.34. The van der Waals surface area contributed by atoms with Crippen LogP contribution >= 0.6 is 15.9 Å². The molecule has 0 spiro atoms. The van der Waals surface area contributed by atoms with Gasteiger partial charge < -0.3 is 0 Å². The molecule has 0 bridgehead atoms. The molecule has 0 N–H and O–H groups in total. The van der Waals surface area contributed by atoms with E-state index < -0.39 is 0 Å². The van der Waals surface area contributed by atoms with Crippen LogP contribution in [0.1, 0.15) is 46.0 Å². The maximum Gasteiger partial charge on any atom is 0.0323 e. The Morgan fingerprint density at radius 1 is 1.33 bits per heavy atom. The first-order chi connectivity index (χ1) is 5.70. The van der Waals surface area contributed by atoms with E-state index in [-0.39, 0.29) is 0 Å². The number of allylic oxidation sites excluding steroid dienone is 2. The maximum absolute atomic E-state index is 3.60. The normalized spacial score (nSPS) is 24.1. The first-order valence-electron chi connectivity index (χ1n) is 5.02. The van der Waals surface area contributed by atoms with Crippen LogP contribution in [0, 0.1) is 5.92 Å². The molecule has 0 nitrogen and oxygen atoms in total. The Balaban J connectivity index is 2.41. The molecular weight excluding hydrogens is 212 g/mol. The SMILES string of the molecule is C/C(=C\C1CCCCC1)C(C)Br. The van der Waals surface area contributed by atoms with Gasteiger partial charge in [0.05, 0.1) is 0 Å². The van der Waals surface area contributed by atoms with Gasteiger partial charge in [-0.15, -0.1) is 0 Å². The van der Waals surface area contributed by atoms with Gasteiger partial charge in [0.15, 0.2) is 0 Å². The summed E-state index contributed by atoms with van der Waals surface area (Å²) in [5.74, 6) is 0.874. The second-order valence-corrected chi connectivity index (χ2v) is 5.30. The van der Waals surface area contributed by atoms with Gasteiger partial charge in [0.2, 0.25) is 0 Å². The Morgan fingerprint density at radius 3 is 2.42 bits per heavy atom. The summed E-state index contributed by atoms with van der Waals surface area (Å²) in [7, 11) is 0. The summed E-state index contributed by atoms with van der Waals surface area (Å²) < 4.78 is 0. The Bertz CT molecular complexity index is 152. The zero-order chi connectivity index (χ0) is 8.97. The largest absolute Gasteiger partial charge is 0.0846 e. The summed E-state index contributed by atoms with van der Waals surface area (Å²) in [6, 6.07) is 0. The predicted molar refractivity (Wildman–Crippen MR) is 58.7 cm³/mol. The molecule has 1 heteroatoms. The molecule has 1 atom stereocenters. The molecule has 0 aromatic rings. The summed E-state index contributed by atoms with van der Waals surface area (Å²) in [4.78, 5) is 0.555. The lowest BCUT2D eigenvalue weighted by Gasteiger charge is -2.19. The molecule has 1 unspecified atom stereocenters. The van der Waals surface area contributed by atoms with Crippen molar-refractivity contribution in [1.29, 1.82) is 0 Å². The molecule has 0 aromatic heterocycles. The summed E-state index contributed by atoms with van der Waals surface area (Å²) in [5.41, 5.74) is 1.50. The van der Waals surface area contributed by atoms with Crippen LogP contribution in [0.4, 0.5) is 0 Å². The molecule has 0 aromatic carbocycles. The van der Waals surface area contributed by atoms with Gasteiger partial charge in [-0.1, -0.05) is 46.8 Å². The average molecular weight is 231 g/mol. The van der Waals surface area contributed by atoms with Gasteiger partial charge in [-0.25, -0.2) is 0 Å². The van der Waals surface area contributed by atoms with Crippen LogP contribution < -0.4 is 0 Å². The first kappa shape index (κ1) is 10.3. The van der Waals surface area contributed by atoms with Crippen molar-refractivity contribution in [3.63, 3.8) is 0 Å². The van der Waals surface area contributed by atoms with Crippen molar-refractivity contribution < 1.29 is 0 Å². The van der Waals surface area contributed by atoms with E-state index in [0.29, 0.717) is 4.83 Å². The second-order valence-electron chi connectivity index (χ2n) is 3.92. The highest BCUT2D eigenvalue weighted by molar-refractivity contribution is 9.09. The summed E-state index contributed by atoms with van der Waals surface area (Å²) in [5, 5.41) is 0. The van der Waals surface area contributed by atoms with Crippen molar-refractivity contribution in [2.75, 3.05) is 0 Å². The second kappa shape index (κ2) is 5.06. The summed E-state index contributed by atoms with van der Waals surface area (Å²) in [6.07, 6.45) is 9.62. The van der Waals surface area contributed by atoms with Crippen molar-refractivity contribution in [3.05, 3.63) is 11.6 Å². The lowest BCUT2D eigenvalue weighted by molar-refractivity contribution is 0.417. The number of halogens is 1. The topological polar surface area (TPSA) is 0 Å². The van der Waals surface area contributed by atoms with E-state index in [9.17, 15) is 0 Å². The van der Waals surface area contributed by atoms with E-state index in [1.807, 2.05) is 0 Å². The molecule has 1 fully saturated rings. The molecule has 0 amide bonds. The van der Waals surface area contributed by atoms with E-state index in [2.05, 4.69) is 35.9 Å². The predicted octanol–water partition coefficient (Wildman–Crippen LogP) is 4.30. The lowest BCUT2D eigenvalue weighted by atomic mass is 9.88. The van der Waals surface area contributed by atoms with Crippen molar-refractivity contribution in [2.45, 2.75) is 50.8 Å². The zero-order valence-electron chi connectivity index (χ0n) is 8.15. The van der Waals surface area contributed by atoms with Gasteiger partial charge in [-0.2, -0.15) is 0 Å². The third kappa shape index (κ3) is 3.30. The fraction of sp³-hybridized carbons (Fsp3) is 0.818. The van der Waals surface area contributed by atoms with Crippen LogP contribution in [0.5, 0.6) is 0 Å². The summed E-state index contributed by atoms with van der Waals surface area (Å²) >= 11 is 3.60. The van der Waals surface area contributed by atoms with Crippen molar-refractivity contribution in [2.24, 2.45) is 5.92 Å². The highest BCUT2D eigenvalue weighted by atomic mass is 79.9. The highest BCUT2D eigenvalue weighted by Gasteiger charge is 2.11. The van der Waals surface area contributed by atoms with E-state index in [1.165, 1.54) is 37.7 Å². The van der Waals surface area contributed by atoms with Crippen LogP contribution in [-0.2, 0) is 0 Å². The fourth-order valence-corrected chi connectivity index (χ4v) is 1.96. The van der Waals surface area contributed by atoms with Crippen LogP contribution in [-0.4, -0.2) is 4.83 Å². The molecule has 0 saturated heterocycles. The Labute approximate surface area is 84.6 Å². The molecule has 0 heterocycles. The van der Waals surface area contributed by atoms with Crippen molar-refractivity contribution in [1.82, 2.24) is 0 Å². The average Bonchev–Trinajstić information content (AvgIpc) is 2.06. The van der Waals surface area contributed by atoms with Crippen molar-refractivity contribution >= 4 is 15.9 Å². The Hall–Kier alpha value is 0.220. The minimum Gasteiger partial charge on any atom is -0.0846 e. The third-order valence-electron chi connectivity index (χ3n) is 2.78. The molecule has 1 aliphatic rings. The molecule has 0 radical (unpaired) electrons. The van der Waals surface area contributed by atoms with Crippen LogP contribution in [0.2, 0.25) is 0 Å². The number of rotatable bonds is 2. The standard InChI is InChI=1S/C11H19Br/c1-9(10(2)12)8-11-6-4-3-5-7-11/h8,10-11H,3-7H2,1-2H3/b9-8+. The highest BCUT2D eigenvalue weighted by Crippen LogP contribution is 2.26. The van der Waals surface area contributed by atoms with Gasteiger partial charge in [-0.3, -0.25) is 0 Å². The maximum atomic E-state index is 3.60. The number of alkyl halides is 1. The van der Waals surface area contributed by atoms with E-state index in [1.54, 1.807) is 0 Å². The smallest absolute Gasteiger partial charge is 0.0323 e. The van der Waals surface area contributed by atoms with E-state index in [4.69, 9.17) is 0 Å². The van der Waals surface area contributed by atoms with Gasteiger partial charge >= 0.3 is 0 Å². The van der Waals surface area contributed by atoms with E-state index in [0.717, 1.165) is 5.92 Å². The van der Waals surface area contributed by atoms with E-state index >= 15 is 0 Å². The zero-order valence-corrected chi connectivity index (χ0v) is 9.73. The third-order valence-corrected chi connectivity index (χ3v) is 3.50. The minimum absolute atomic E-state index is 0.555.